The summed E-state index contributed by atoms with van der Waals surface area (Å²) in [6.45, 7) is 2.02. The maximum Gasteiger partial charge on any atom is 0.185 e. The lowest BCUT2D eigenvalue weighted by atomic mass is 10.1. The highest BCUT2D eigenvalue weighted by Crippen LogP contribution is 2.11. The van der Waals surface area contributed by atoms with Gasteiger partial charge in [0, 0.05) is 5.56 Å². The van der Waals surface area contributed by atoms with Crippen LogP contribution in [0.1, 0.15) is 21.5 Å². The highest BCUT2D eigenvalue weighted by atomic mass is 16.1. The molecule has 3 aromatic rings. The summed E-state index contributed by atoms with van der Waals surface area (Å²) in [5.74, 6) is -0.0589. The summed E-state index contributed by atoms with van der Waals surface area (Å²) in [5, 5.41) is 11.0. The van der Waals surface area contributed by atoms with Crippen LogP contribution < -0.4 is 0 Å². The van der Waals surface area contributed by atoms with Crippen LogP contribution >= 0.6 is 0 Å². The number of hydrogen-bond acceptors (Lipinski definition) is 4. The Morgan fingerprint density at radius 2 is 2.00 bits per heavy atom. The Morgan fingerprint density at radius 1 is 1.14 bits per heavy atom. The van der Waals surface area contributed by atoms with Crippen LogP contribution in [0.4, 0.5) is 0 Å². The summed E-state index contributed by atoms with van der Waals surface area (Å²) in [6.07, 6.45) is 4.89. The topological polar surface area (TPSA) is 60.7 Å². The first-order valence-electron chi connectivity index (χ1n) is 6.85. The van der Waals surface area contributed by atoms with Crippen LogP contribution in [0.2, 0.25) is 0 Å². The van der Waals surface area contributed by atoms with Gasteiger partial charge in [-0.25, -0.2) is 4.68 Å². The third-order valence-electron chi connectivity index (χ3n) is 3.21. The molecule has 0 saturated carbocycles. The van der Waals surface area contributed by atoms with Gasteiger partial charge in [0.05, 0.1) is 5.69 Å². The number of aromatic nitrogens is 4. The zero-order chi connectivity index (χ0) is 15.4. The molecule has 0 N–H and O–H groups in total. The Labute approximate surface area is 127 Å². The third-order valence-corrected chi connectivity index (χ3v) is 3.21. The Hall–Kier alpha value is -3.08. The monoisotopic (exact) mass is 290 g/mol. The minimum atomic E-state index is -0.0589. The van der Waals surface area contributed by atoms with Crippen LogP contribution in [0.15, 0.2) is 60.9 Å². The standard InChI is InChI=1S/C17H14N4O/c1-13-4-2-5-14(10-13)8-9-17(22)15-6-3-7-16(11-15)21-12-18-19-20-21/h2-12H,1H3/b9-8+. The lowest BCUT2D eigenvalue weighted by Gasteiger charge is -2.01. The van der Waals surface area contributed by atoms with Crippen molar-refractivity contribution in [3.63, 3.8) is 0 Å². The molecule has 5 heteroatoms. The van der Waals surface area contributed by atoms with E-state index in [9.17, 15) is 4.79 Å². The lowest BCUT2D eigenvalue weighted by Crippen LogP contribution is -1.99. The van der Waals surface area contributed by atoms with Crippen molar-refractivity contribution >= 4 is 11.9 Å². The van der Waals surface area contributed by atoms with E-state index in [1.165, 1.54) is 11.0 Å². The second-order valence-electron chi connectivity index (χ2n) is 4.92. The van der Waals surface area contributed by atoms with Gasteiger partial charge >= 0.3 is 0 Å². The van der Waals surface area contributed by atoms with Crippen molar-refractivity contribution in [2.24, 2.45) is 0 Å². The number of benzene rings is 2. The molecular formula is C17H14N4O. The minimum Gasteiger partial charge on any atom is -0.289 e. The SMILES string of the molecule is Cc1cccc(/C=C/C(=O)c2cccc(-n3cnnn3)c2)c1. The maximum atomic E-state index is 12.3. The Kier molecular flexibility index (Phi) is 3.87. The molecule has 0 saturated heterocycles. The van der Waals surface area contributed by atoms with Crippen molar-refractivity contribution in [1.29, 1.82) is 0 Å². The van der Waals surface area contributed by atoms with Crippen molar-refractivity contribution in [2.75, 3.05) is 0 Å². The first-order chi connectivity index (χ1) is 10.7. The predicted octanol–water partition coefficient (Wildman–Crippen LogP) is 2.87. The molecule has 0 radical (unpaired) electrons. The molecule has 0 spiro atoms. The van der Waals surface area contributed by atoms with E-state index in [1.54, 1.807) is 18.2 Å². The summed E-state index contributed by atoms with van der Waals surface area (Å²) in [5.41, 5.74) is 3.51. The first kappa shape index (κ1) is 13.9. The van der Waals surface area contributed by atoms with Gasteiger partial charge in [0.25, 0.3) is 0 Å². The number of nitrogens with zero attached hydrogens (tertiary/aromatic N) is 4. The third kappa shape index (κ3) is 3.15. The second kappa shape index (κ2) is 6.13. The molecule has 0 unspecified atom stereocenters. The summed E-state index contributed by atoms with van der Waals surface area (Å²) in [7, 11) is 0. The van der Waals surface area contributed by atoms with E-state index in [-0.39, 0.29) is 5.78 Å². The maximum absolute atomic E-state index is 12.3. The van der Waals surface area contributed by atoms with Crippen LogP contribution in [0, 0.1) is 6.92 Å². The Morgan fingerprint density at radius 3 is 2.77 bits per heavy atom. The Balaban J connectivity index is 1.82. The number of rotatable bonds is 4. The van der Waals surface area contributed by atoms with Crippen molar-refractivity contribution in [3.05, 3.63) is 77.6 Å². The van der Waals surface area contributed by atoms with Gasteiger partial charge in [0.2, 0.25) is 0 Å². The van der Waals surface area contributed by atoms with E-state index in [2.05, 4.69) is 15.5 Å². The highest BCUT2D eigenvalue weighted by molar-refractivity contribution is 6.07. The molecule has 5 nitrogen and oxygen atoms in total. The van der Waals surface area contributed by atoms with E-state index in [4.69, 9.17) is 0 Å². The highest BCUT2D eigenvalue weighted by Gasteiger charge is 2.05. The van der Waals surface area contributed by atoms with E-state index in [1.807, 2.05) is 49.4 Å². The van der Waals surface area contributed by atoms with Gasteiger partial charge in [-0.1, -0.05) is 48.0 Å². The number of tetrazole rings is 1. The molecule has 0 aliphatic rings. The van der Waals surface area contributed by atoms with Crippen molar-refractivity contribution in [3.8, 4) is 5.69 Å². The number of carbonyl (C=O) groups excluding carboxylic acids is 1. The predicted molar refractivity (Wildman–Crippen MR) is 83.7 cm³/mol. The number of ketones is 1. The van der Waals surface area contributed by atoms with Crippen LogP contribution in [-0.2, 0) is 0 Å². The van der Waals surface area contributed by atoms with E-state index in [0.717, 1.165) is 16.8 Å². The van der Waals surface area contributed by atoms with Gasteiger partial charge in [-0.15, -0.1) is 5.10 Å². The van der Waals surface area contributed by atoms with E-state index in [0.29, 0.717) is 5.56 Å². The molecule has 1 heterocycles. The lowest BCUT2D eigenvalue weighted by molar-refractivity contribution is 0.104. The Bertz CT molecular complexity index is 822. The summed E-state index contributed by atoms with van der Waals surface area (Å²) >= 11 is 0. The first-order valence-corrected chi connectivity index (χ1v) is 6.85. The molecule has 2 aromatic carbocycles. The summed E-state index contributed by atoms with van der Waals surface area (Å²) in [6, 6.07) is 15.2. The average molecular weight is 290 g/mol. The van der Waals surface area contributed by atoms with Gasteiger partial charge < -0.3 is 0 Å². The zero-order valence-corrected chi connectivity index (χ0v) is 12.0. The number of allylic oxidation sites excluding steroid dienone is 1. The minimum absolute atomic E-state index is 0.0589. The second-order valence-corrected chi connectivity index (χ2v) is 4.92. The molecule has 0 amide bonds. The molecular weight excluding hydrogens is 276 g/mol. The van der Waals surface area contributed by atoms with E-state index < -0.39 is 0 Å². The van der Waals surface area contributed by atoms with E-state index >= 15 is 0 Å². The molecule has 3 rings (SSSR count). The summed E-state index contributed by atoms with van der Waals surface area (Å²) in [4.78, 5) is 12.3. The smallest absolute Gasteiger partial charge is 0.185 e. The number of carbonyl (C=O) groups is 1. The molecule has 0 aliphatic carbocycles. The quantitative estimate of drug-likeness (QED) is 0.547. The summed E-state index contributed by atoms with van der Waals surface area (Å²) < 4.78 is 1.51. The van der Waals surface area contributed by atoms with Gasteiger partial charge in [0.1, 0.15) is 6.33 Å². The van der Waals surface area contributed by atoms with Crippen LogP contribution in [0.25, 0.3) is 11.8 Å². The fourth-order valence-corrected chi connectivity index (χ4v) is 2.12. The van der Waals surface area contributed by atoms with Gasteiger partial charge in [-0.3, -0.25) is 4.79 Å². The molecule has 108 valence electrons. The van der Waals surface area contributed by atoms with Crippen LogP contribution in [0.5, 0.6) is 0 Å². The van der Waals surface area contributed by atoms with Gasteiger partial charge in [-0.05, 0) is 41.1 Å². The zero-order valence-electron chi connectivity index (χ0n) is 12.0. The molecule has 1 aromatic heterocycles. The number of aryl methyl sites for hydroxylation is 1. The fraction of sp³-hybridized carbons (Fsp3) is 0.0588. The fourth-order valence-electron chi connectivity index (χ4n) is 2.12. The molecule has 0 bridgehead atoms. The van der Waals surface area contributed by atoms with Gasteiger partial charge in [0.15, 0.2) is 5.78 Å². The average Bonchev–Trinajstić information content (AvgIpc) is 3.07. The molecule has 22 heavy (non-hydrogen) atoms. The van der Waals surface area contributed by atoms with Crippen molar-refractivity contribution < 1.29 is 4.79 Å². The molecule has 0 aliphatic heterocycles. The van der Waals surface area contributed by atoms with Crippen LogP contribution in [0.3, 0.4) is 0 Å². The van der Waals surface area contributed by atoms with Crippen molar-refractivity contribution in [1.82, 2.24) is 20.2 Å². The van der Waals surface area contributed by atoms with Crippen LogP contribution in [-0.4, -0.2) is 26.0 Å². The molecule has 0 fully saturated rings. The van der Waals surface area contributed by atoms with Gasteiger partial charge in [-0.2, -0.15) is 0 Å². The number of hydrogen-bond donors (Lipinski definition) is 0. The van der Waals surface area contributed by atoms with Crippen molar-refractivity contribution in [2.45, 2.75) is 6.92 Å². The normalized spacial score (nSPS) is 11.0. The molecule has 0 atom stereocenters. The largest absolute Gasteiger partial charge is 0.289 e.